The summed E-state index contributed by atoms with van der Waals surface area (Å²) in [6.07, 6.45) is -0.769. The van der Waals surface area contributed by atoms with Gasteiger partial charge < -0.3 is 18.9 Å². The van der Waals surface area contributed by atoms with Gasteiger partial charge in [0.2, 0.25) is 6.29 Å². The Morgan fingerprint density at radius 1 is 0.929 bits per heavy atom. The molecule has 0 saturated heterocycles. The monoisotopic (exact) mass is 382 g/mol. The number of hydrogen-bond donors (Lipinski definition) is 0. The fraction of sp³-hybridized carbons (Fsp3) is 0.190. The summed E-state index contributed by atoms with van der Waals surface area (Å²) in [5, 5.41) is 0. The van der Waals surface area contributed by atoms with E-state index in [2.05, 4.69) is 0 Å². The number of carbonyl (C=O) groups is 3. The predicted molar refractivity (Wildman–Crippen MR) is 97.3 cm³/mol. The summed E-state index contributed by atoms with van der Waals surface area (Å²) < 4.78 is 20.9. The highest BCUT2D eigenvalue weighted by molar-refractivity contribution is 6.01. The molecule has 0 aliphatic carbocycles. The molecule has 0 amide bonds. The minimum Gasteiger partial charge on any atom is -0.459 e. The number of carbonyl (C=O) groups excluding carboxylic acids is 3. The molecule has 0 saturated carbocycles. The molecule has 1 heterocycles. The average Bonchev–Trinajstić information content (AvgIpc) is 2.75. The Labute approximate surface area is 161 Å². The molecular weight excluding hydrogens is 364 g/mol. The van der Waals surface area contributed by atoms with Crippen LogP contribution in [0.5, 0.6) is 0 Å². The Kier molecular flexibility index (Phi) is 6.31. The molecular formula is C21H18O7. The largest absolute Gasteiger partial charge is 0.459 e. The van der Waals surface area contributed by atoms with Crippen molar-refractivity contribution < 1.29 is 33.3 Å². The number of esters is 2. The minimum absolute atomic E-state index is 0.173. The summed E-state index contributed by atoms with van der Waals surface area (Å²) in [6, 6.07) is 16.7. The molecule has 28 heavy (non-hydrogen) atoms. The van der Waals surface area contributed by atoms with E-state index in [-0.39, 0.29) is 12.4 Å². The highest BCUT2D eigenvalue weighted by atomic mass is 16.7. The third kappa shape index (κ3) is 4.70. The van der Waals surface area contributed by atoms with Crippen molar-refractivity contribution in [3.8, 4) is 0 Å². The van der Waals surface area contributed by atoms with Gasteiger partial charge in [-0.2, -0.15) is 0 Å². The zero-order chi connectivity index (χ0) is 19.9. The van der Waals surface area contributed by atoms with Crippen molar-refractivity contribution in [3.05, 3.63) is 83.6 Å². The van der Waals surface area contributed by atoms with E-state index < -0.39 is 30.1 Å². The van der Waals surface area contributed by atoms with Crippen molar-refractivity contribution in [1.29, 1.82) is 0 Å². The summed E-state index contributed by atoms with van der Waals surface area (Å²) >= 11 is 0. The van der Waals surface area contributed by atoms with Gasteiger partial charge in [-0.1, -0.05) is 36.4 Å². The van der Waals surface area contributed by atoms with Gasteiger partial charge in [0.05, 0.1) is 11.1 Å². The van der Waals surface area contributed by atoms with E-state index in [1.54, 1.807) is 60.7 Å². The molecule has 2 aromatic carbocycles. The molecule has 1 aliphatic heterocycles. The Bertz CT molecular complexity index is 874. The van der Waals surface area contributed by atoms with Crippen molar-refractivity contribution in [2.24, 2.45) is 0 Å². The van der Waals surface area contributed by atoms with Crippen LogP contribution in [0.15, 0.2) is 72.5 Å². The second-order valence-corrected chi connectivity index (χ2v) is 5.86. The fourth-order valence-electron chi connectivity index (χ4n) is 2.51. The molecule has 0 radical (unpaired) electrons. The van der Waals surface area contributed by atoms with E-state index in [4.69, 9.17) is 18.9 Å². The second-order valence-electron chi connectivity index (χ2n) is 5.86. The molecule has 0 aromatic heterocycles. The first-order chi connectivity index (χ1) is 13.6. The van der Waals surface area contributed by atoms with Crippen molar-refractivity contribution in [3.63, 3.8) is 0 Å². The molecule has 144 valence electrons. The SMILES string of the molecule is COC1OC(COC(=O)c2ccccc2)C=C(OC(=O)c2ccccc2)C1=O. The van der Waals surface area contributed by atoms with Crippen LogP contribution in [-0.2, 0) is 23.7 Å². The molecule has 0 bridgehead atoms. The number of benzene rings is 2. The van der Waals surface area contributed by atoms with Gasteiger partial charge in [-0.15, -0.1) is 0 Å². The highest BCUT2D eigenvalue weighted by Gasteiger charge is 2.34. The first-order valence-corrected chi connectivity index (χ1v) is 8.52. The van der Waals surface area contributed by atoms with Crippen LogP contribution >= 0.6 is 0 Å². The van der Waals surface area contributed by atoms with Crippen LogP contribution in [-0.4, -0.2) is 43.8 Å². The Hall–Kier alpha value is -3.29. The molecule has 7 heteroatoms. The molecule has 0 spiro atoms. The van der Waals surface area contributed by atoms with Crippen molar-refractivity contribution in [1.82, 2.24) is 0 Å². The molecule has 0 N–H and O–H groups in total. The van der Waals surface area contributed by atoms with E-state index >= 15 is 0 Å². The quantitative estimate of drug-likeness (QED) is 0.710. The van der Waals surface area contributed by atoms with Gasteiger partial charge in [-0.3, -0.25) is 4.79 Å². The van der Waals surface area contributed by atoms with Crippen LogP contribution in [0.2, 0.25) is 0 Å². The van der Waals surface area contributed by atoms with Crippen LogP contribution in [0, 0.1) is 0 Å². The normalized spacial score (nSPS) is 18.9. The van der Waals surface area contributed by atoms with Crippen LogP contribution in [0.1, 0.15) is 20.7 Å². The summed E-state index contributed by atoms with van der Waals surface area (Å²) in [5.74, 6) is -2.06. The summed E-state index contributed by atoms with van der Waals surface area (Å²) in [5.41, 5.74) is 0.682. The maximum absolute atomic E-state index is 12.3. The second kappa shape index (κ2) is 9.07. The molecule has 2 aromatic rings. The third-order valence-corrected chi connectivity index (χ3v) is 3.91. The number of Topliss-reactive ketones (excluding diaryl/α,β-unsaturated/α-hetero) is 1. The van der Waals surface area contributed by atoms with Crippen LogP contribution in [0.3, 0.4) is 0 Å². The smallest absolute Gasteiger partial charge is 0.343 e. The van der Waals surface area contributed by atoms with Crippen LogP contribution in [0.4, 0.5) is 0 Å². The first-order valence-electron chi connectivity index (χ1n) is 8.52. The predicted octanol–water partition coefficient (Wildman–Crippen LogP) is 2.52. The number of ether oxygens (including phenoxy) is 4. The lowest BCUT2D eigenvalue weighted by molar-refractivity contribution is -0.177. The zero-order valence-electron chi connectivity index (χ0n) is 15.1. The maximum atomic E-state index is 12.3. The average molecular weight is 382 g/mol. The lowest BCUT2D eigenvalue weighted by Crippen LogP contribution is -2.39. The number of rotatable bonds is 6. The van der Waals surface area contributed by atoms with Gasteiger partial charge in [-0.05, 0) is 30.3 Å². The fourth-order valence-corrected chi connectivity index (χ4v) is 2.51. The summed E-state index contributed by atoms with van der Waals surface area (Å²) in [4.78, 5) is 36.6. The molecule has 7 nitrogen and oxygen atoms in total. The van der Waals surface area contributed by atoms with Crippen molar-refractivity contribution in [2.45, 2.75) is 12.4 Å². The highest BCUT2D eigenvalue weighted by Crippen LogP contribution is 2.20. The molecule has 0 fully saturated rings. The lowest BCUT2D eigenvalue weighted by Gasteiger charge is -2.26. The van der Waals surface area contributed by atoms with Gasteiger partial charge in [0.25, 0.3) is 5.78 Å². The van der Waals surface area contributed by atoms with Gasteiger partial charge in [0.15, 0.2) is 5.76 Å². The van der Waals surface area contributed by atoms with Gasteiger partial charge >= 0.3 is 11.9 Å². The third-order valence-electron chi connectivity index (χ3n) is 3.91. The van der Waals surface area contributed by atoms with Gasteiger partial charge in [0.1, 0.15) is 12.7 Å². The topological polar surface area (TPSA) is 88.1 Å². The Morgan fingerprint density at radius 3 is 2.07 bits per heavy atom. The molecule has 2 atom stereocenters. The molecule has 2 unspecified atom stereocenters. The van der Waals surface area contributed by atoms with E-state index in [9.17, 15) is 14.4 Å². The number of ketones is 1. The van der Waals surface area contributed by atoms with E-state index in [1.807, 2.05) is 0 Å². The van der Waals surface area contributed by atoms with Crippen molar-refractivity contribution >= 4 is 17.7 Å². The first kappa shape index (κ1) is 19.5. The summed E-state index contributed by atoms with van der Waals surface area (Å²) in [6.45, 7) is -0.173. The Balaban J connectivity index is 1.69. The molecule has 1 aliphatic rings. The number of methoxy groups -OCH3 is 1. The Morgan fingerprint density at radius 2 is 1.50 bits per heavy atom. The van der Waals surface area contributed by atoms with E-state index in [0.29, 0.717) is 11.1 Å². The zero-order valence-corrected chi connectivity index (χ0v) is 15.1. The number of hydrogen-bond acceptors (Lipinski definition) is 7. The van der Waals surface area contributed by atoms with Gasteiger partial charge in [-0.25, -0.2) is 9.59 Å². The molecule has 3 rings (SSSR count). The van der Waals surface area contributed by atoms with Crippen molar-refractivity contribution in [2.75, 3.05) is 13.7 Å². The van der Waals surface area contributed by atoms with Crippen LogP contribution in [0.25, 0.3) is 0 Å². The van der Waals surface area contributed by atoms with Crippen LogP contribution < -0.4 is 0 Å². The van der Waals surface area contributed by atoms with E-state index in [1.165, 1.54) is 13.2 Å². The minimum atomic E-state index is -1.26. The van der Waals surface area contributed by atoms with Gasteiger partial charge in [0, 0.05) is 7.11 Å². The standard InChI is InChI=1S/C21H18O7/c1-25-21-18(22)17(28-20(24)15-10-6-3-7-11-15)12-16(27-21)13-26-19(23)14-8-4-2-5-9-14/h2-12,16,21H,13H2,1H3. The van der Waals surface area contributed by atoms with E-state index in [0.717, 1.165) is 0 Å². The summed E-state index contributed by atoms with van der Waals surface area (Å²) in [7, 11) is 1.29. The maximum Gasteiger partial charge on any atom is 0.343 e. The lowest BCUT2D eigenvalue weighted by atomic mass is 10.1.